The molecule has 0 bridgehead atoms. The van der Waals surface area contributed by atoms with Crippen molar-refractivity contribution >= 4 is 11.6 Å². The van der Waals surface area contributed by atoms with Gasteiger partial charge in [-0.25, -0.2) is 0 Å². The lowest BCUT2D eigenvalue weighted by atomic mass is 10.1. The third-order valence-corrected chi connectivity index (χ3v) is 4.49. The maximum Gasteiger partial charge on any atom is 0.241 e. The monoisotopic (exact) mass is 294 g/mol. The molecule has 4 nitrogen and oxygen atoms in total. The first kappa shape index (κ1) is 13.5. The van der Waals surface area contributed by atoms with Gasteiger partial charge >= 0.3 is 0 Å². The van der Waals surface area contributed by atoms with E-state index in [-0.39, 0.29) is 11.9 Å². The summed E-state index contributed by atoms with van der Waals surface area (Å²) in [6.07, 6.45) is 0.961. The average molecular weight is 294 g/mol. The first-order valence-corrected chi connectivity index (χ1v) is 7.64. The SMILES string of the molecule is O=C(Nc1ccc2c(c1)Cc1ccccc1-2)C1CC(O)CN1. The Morgan fingerprint density at radius 3 is 2.77 bits per heavy atom. The fourth-order valence-corrected chi connectivity index (χ4v) is 3.37. The van der Waals surface area contributed by atoms with E-state index in [0.717, 1.165) is 12.1 Å². The summed E-state index contributed by atoms with van der Waals surface area (Å²) in [5, 5.41) is 15.5. The Hall–Kier alpha value is -2.17. The molecule has 3 N–H and O–H groups in total. The highest BCUT2D eigenvalue weighted by Gasteiger charge is 2.28. The number of amides is 1. The molecule has 1 heterocycles. The van der Waals surface area contributed by atoms with Crippen molar-refractivity contribution < 1.29 is 9.90 Å². The van der Waals surface area contributed by atoms with E-state index in [1.807, 2.05) is 6.07 Å². The number of nitrogens with one attached hydrogen (secondary N) is 2. The van der Waals surface area contributed by atoms with Gasteiger partial charge in [-0.05, 0) is 47.2 Å². The Labute approximate surface area is 129 Å². The van der Waals surface area contributed by atoms with Crippen molar-refractivity contribution in [3.8, 4) is 11.1 Å². The molecule has 0 saturated carbocycles. The molecule has 22 heavy (non-hydrogen) atoms. The zero-order valence-corrected chi connectivity index (χ0v) is 12.2. The van der Waals surface area contributed by atoms with Gasteiger partial charge in [0, 0.05) is 12.2 Å². The minimum atomic E-state index is -0.426. The summed E-state index contributed by atoms with van der Waals surface area (Å²) in [5.74, 6) is -0.0768. The second-order valence-corrected chi connectivity index (χ2v) is 6.05. The van der Waals surface area contributed by atoms with Crippen molar-refractivity contribution in [3.63, 3.8) is 0 Å². The maximum atomic E-state index is 12.2. The number of aliphatic hydroxyl groups excluding tert-OH is 1. The van der Waals surface area contributed by atoms with Gasteiger partial charge in [0.2, 0.25) is 5.91 Å². The van der Waals surface area contributed by atoms with E-state index in [1.165, 1.54) is 22.3 Å². The van der Waals surface area contributed by atoms with Crippen LogP contribution in [-0.4, -0.2) is 29.7 Å². The first-order chi connectivity index (χ1) is 10.7. The number of aliphatic hydroxyl groups is 1. The van der Waals surface area contributed by atoms with Crippen LogP contribution >= 0.6 is 0 Å². The number of hydrogen-bond acceptors (Lipinski definition) is 3. The normalized spacial score (nSPS) is 22.2. The summed E-state index contributed by atoms with van der Waals surface area (Å²) < 4.78 is 0. The van der Waals surface area contributed by atoms with Crippen LogP contribution in [0.3, 0.4) is 0 Å². The third kappa shape index (κ3) is 2.30. The summed E-state index contributed by atoms with van der Waals surface area (Å²) in [6.45, 7) is 0.484. The highest BCUT2D eigenvalue weighted by atomic mass is 16.3. The predicted molar refractivity (Wildman–Crippen MR) is 85.7 cm³/mol. The van der Waals surface area contributed by atoms with Crippen molar-refractivity contribution in [2.75, 3.05) is 11.9 Å². The van der Waals surface area contributed by atoms with Gasteiger partial charge in [0.15, 0.2) is 0 Å². The Balaban J connectivity index is 1.54. The van der Waals surface area contributed by atoms with Gasteiger partial charge in [0.05, 0.1) is 12.1 Å². The molecule has 4 heteroatoms. The van der Waals surface area contributed by atoms with Crippen LogP contribution in [0.1, 0.15) is 17.5 Å². The number of carbonyl (C=O) groups is 1. The molecule has 1 saturated heterocycles. The van der Waals surface area contributed by atoms with Crippen LogP contribution in [0.2, 0.25) is 0 Å². The predicted octanol–water partition coefficient (Wildman–Crippen LogP) is 1.92. The molecule has 1 fully saturated rings. The van der Waals surface area contributed by atoms with Gasteiger partial charge < -0.3 is 15.7 Å². The van der Waals surface area contributed by atoms with Gasteiger partial charge in [-0.15, -0.1) is 0 Å². The molecule has 112 valence electrons. The lowest BCUT2D eigenvalue weighted by Gasteiger charge is -2.12. The zero-order chi connectivity index (χ0) is 15.1. The van der Waals surface area contributed by atoms with Gasteiger partial charge in [0.1, 0.15) is 0 Å². The Morgan fingerprint density at radius 1 is 1.14 bits per heavy atom. The first-order valence-electron chi connectivity index (χ1n) is 7.64. The molecular weight excluding hydrogens is 276 g/mol. The summed E-state index contributed by atoms with van der Waals surface area (Å²) in [5.41, 5.74) is 5.94. The molecule has 2 aliphatic rings. The van der Waals surface area contributed by atoms with Crippen LogP contribution in [-0.2, 0) is 11.2 Å². The van der Waals surface area contributed by atoms with Crippen LogP contribution in [0.4, 0.5) is 5.69 Å². The zero-order valence-electron chi connectivity index (χ0n) is 12.2. The van der Waals surface area contributed by atoms with E-state index in [2.05, 4.69) is 47.0 Å². The molecule has 0 aromatic heterocycles. The lowest BCUT2D eigenvalue weighted by molar-refractivity contribution is -0.117. The van der Waals surface area contributed by atoms with E-state index in [0.29, 0.717) is 13.0 Å². The average Bonchev–Trinajstić information content (AvgIpc) is 3.10. The number of β-amino-alcohol motifs (C(OH)–C–C–N with tert-alkyl or cyclic N) is 1. The number of hydrogen-bond donors (Lipinski definition) is 3. The van der Waals surface area contributed by atoms with Gasteiger partial charge in [-0.2, -0.15) is 0 Å². The molecule has 0 radical (unpaired) electrons. The minimum absolute atomic E-state index is 0.0768. The highest BCUT2D eigenvalue weighted by molar-refractivity contribution is 5.95. The summed E-state index contributed by atoms with van der Waals surface area (Å²) >= 11 is 0. The highest BCUT2D eigenvalue weighted by Crippen LogP contribution is 2.37. The number of carbonyl (C=O) groups excluding carboxylic acids is 1. The topological polar surface area (TPSA) is 61.4 Å². The minimum Gasteiger partial charge on any atom is -0.392 e. The Kier molecular flexibility index (Phi) is 3.21. The van der Waals surface area contributed by atoms with Gasteiger partial charge in [0.25, 0.3) is 0 Å². The molecule has 2 aromatic carbocycles. The molecule has 2 aromatic rings. The molecule has 4 rings (SSSR count). The van der Waals surface area contributed by atoms with Crippen molar-refractivity contribution in [1.29, 1.82) is 0 Å². The van der Waals surface area contributed by atoms with Crippen LogP contribution in [0.15, 0.2) is 42.5 Å². The van der Waals surface area contributed by atoms with Crippen molar-refractivity contribution in [3.05, 3.63) is 53.6 Å². The number of fused-ring (bicyclic) bond motifs is 3. The van der Waals surface area contributed by atoms with Crippen LogP contribution in [0.25, 0.3) is 11.1 Å². The maximum absolute atomic E-state index is 12.2. The van der Waals surface area contributed by atoms with E-state index < -0.39 is 6.10 Å². The smallest absolute Gasteiger partial charge is 0.241 e. The summed E-state index contributed by atoms with van der Waals surface area (Å²) in [4.78, 5) is 12.2. The number of anilines is 1. The fourth-order valence-electron chi connectivity index (χ4n) is 3.37. The standard InChI is InChI=1S/C18H18N2O2/c21-14-9-17(19-10-14)18(22)20-13-5-6-16-12(8-13)7-11-3-1-2-4-15(11)16/h1-6,8,14,17,19,21H,7,9-10H2,(H,20,22). The second-order valence-electron chi connectivity index (χ2n) is 6.05. The van der Waals surface area contributed by atoms with Crippen molar-refractivity contribution in [2.45, 2.75) is 25.0 Å². The molecule has 2 unspecified atom stereocenters. The summed E-state index contributed by atoms with van der Waals surface area (Å²) in [6, 6.07) is 14.2. The third-order valence-electron chi connectivity index (χ3n) is 4.49. The quantitative estimate of drug-likeness (QED) is 0.677. The molecule has 2 atom stereocenters. The largest absolute Gasteiger partial charge is 0.392 e. The Bertz CT molecular complexity index is 742. The van der Waals surface area contributed by atoms with E-state index in [4.69, 9.17) is 0 Å². The van der Waals surface area contributed by atoms with Crippen molar-refractivity contribution in [1.82, 2.24) is 5.32 Å². The molecule has 1 aliphatic heterocycles. The van der Waals surface area contributed by atoms with Crippen LogP contribution in [0, 0.1) is 0 Å². The van der Waals surface area contributed by atoms with Crippen molar-refractivity contribution in [2.24, 2.45) is 0 Å². The van der Waals surface area contributed by atoms with Crippen LogP contribution in [0.5, 0.6) is 0 Å². The van der Waals surface area contributed by atoms with Crippen LogP contribution < -0.4 is 10.6 Å². The molecule has 1 aliphatic carbocycles. The Morgan fingerprint density at radius 2 is 1.95 bits per heavy atom. The number of benzene rings is 2. The summed E-state index contributed by atoms with van der Waals surface area (Å²) in [7, 11) is 0. The van der Waals surface area contributed by atoms with E-state index in [9.17, 15) is 9.90 Å². The molecule has 0 spiro atoms. The van der Waals surface area contributed by atoms with E-state index in [1.54, 1.807) is 0 Å². The molecular formula is C18H18N2O2. The van der Waals surface area contributed by atoms with Gasteiger partial charge in [-0.1, -0.05) is 30.3 Å². The number of rotatable bonds is 2. The fraction of sp³-hybridized carbons (Fsp3) is 0.278. The van der Waals surface area contributed by atoms with E-state index >= 15 is 0 Å². The van der Waals surface area contributed by atoms with Gasteiger partial charge in [-0.3, -0.25) is 4.79 Å². The lowest BCUT2D eigenvalue weighted by Crippen LogP contribution is -2.35. The molecule has 1 amide bonds. The second kappa shape index (κ2) is 5.23.